The van der Waals surface area contributed by atoms with Crippen LogP contribution in [0.5, 0.6) is 0 Å². The summed E-state index contributed by atoms with van der Waals surface area (Å²) in [6, 6.07) is 11.8. The number of aryl methyl sites for hydroxylation is 2. The minimum Gasteiger partial charge on any atom is -0.469 e. The van der Waals surface area contributed by atoms with E-state index in [-0.39, 0.29) is 11.4 Å². The molecule has 0 saturated heterocycles. The molecule has 0 aliphatic rings. The lowest BCUT2D eigenvalue weighted by Crippen LogP contribution is -2.26. The van der Waals surface area contributed by atoms with Crippen LogP contribution in [0.3, 0.4) is 0 Å². The number of ether oxygens (including phenoxy) is 1. The molecule has 0 fully saturated rings. The van der Waals surface area contributed by atoms with E-state index in [0.717, 1.165) is 0 Å². The van der Waals surface area contributed by atoms with Crippen molar-refractivity contribution in [1.29, 1.82) is 0 Å². The monoisotopic (exact) mass is 340 g/mol. The molecule has 0 unspecified atom stereocenters. The quantitative estimate of drug-likeness (QED) is 0.715. The van der Waals surface area contributed by atoms with E-state index in [4.69, 9.17) is 13.7 Å². The minimum absolute atomic E-state index is 0.249. The van der Waals surface area contributed by atoms with E-state index >= 15 is 0 Å². The molecule has 2 aromatic heterocycles. The van der Waals surface area contributed by atoms with Gasteiger partial charge in [-0.2, -0.15) is 0 Å². The standard InChI is InChI=1S/C18H16N2O5/c1-11-10-15(20-25-11)19-17(21)16(13-6-4-3-5-7-13)24-18(22)14-8-9-23-12(14)2/h3-10,16H,1-2H3,(H,19,20,21)/t16-/m0/s1. The van der Waals surface area contributed by atoms with Crippen molar-refractivity contribution < 1.29 is 23.3 Å². The SMILES string of the molecule is Cc1cc(NC(=O)[C@@H](OC(=O)c2ccoc2C)c2ccccc2)no1. The Morgan fingerprint density at radius 2 is 1.92 bits per heavy atom. The second-order valence-corrected chi connectivity index (χ2v) is 5.40. The molecule has 1 N–H and O–H groups in total. The van der Waals surface area contributed by atoms with Gasteiger partial charge in [-0.05, 0) is 19.9 Å². The molecule has 0 aliphatic carbocycles. The number of hydrogen-bond acceptors (Lipinski definition) is 6. The van der Waals surface area contributed by atoms with Gasteiger partial charge in [0.05, 0.1) is 6.26 Å². The molecule has 3 rings (SSSR count). The summed E-state index contributed by atoms with van der Waals surface area (Å²) < 4.78 is 15.5. The molecule has 0 bridgehead atoms. The zero-order valence-electron chi connectivity index (χ0n) is 13.7. The first kappa shape index (κ1) is 16.5. The molecule has 0 saturated carbocycles. The smallest absolute Gasteiger partial charge is 0.342 e. The number of hydrogen-bond donors (Lipinski definition) is 1. The van der Waals surface area contributed by atoms with Crippen LogP contribution in [0.4, 0.5) is 5.82 Å². The summed E-state index contributed by atoms with van der Waals surface area (Å²) in [5, 5.41) is 6.29. The van der Waals surface area contributed by atoms with Crippen LogP contribution in [0.2, 0.25) is 0 Å². The maximum Gasteiger partial charge on any atom is 0.342 e. The van der Waals surface area contributed by atoms with Crippen molar-refractivity contribution >= 4 is 17.7 Å². The van der Waals surface area contributed by atoms with Crippen LogP contribution in [0.15, 0.2) is 57.7 Å². The second-order valence-electron chi connectivity index (χ2n) is 5.40. The van der Waals surface area contributed by atoms with Crippen LogP contribution >= 0.6 is 0 Å². The lowest BCUT2D eigenvalue weighted by atomic mass is 10.1. The lowest BCUT2D eigenvalue weighted by Gasteiger charge is -2.17. The van der Waals surface area contributed by atoms with Crippen molar-refractivity contribution in [1.82, 2.24) is 5.16 Å². The van der Waals surface area contributed by atoms with E-state index in [1.54, 1.807) is 44.2 Å². The van der Waals surface area contributed by atoms with Crippen molar-refractivity contribution in [2.45, 2.75) is 20.0 Å². The summed E-state index contributed by atoms with van der Waals surface area (Å²) in [5.74, 6) is 0.0430. The largest absolute Gasteiger partial charge is 0.469 e. The number of benzene rings is 1. The van der Waals surface area contributed by atoms with Gasteiger partial charge in [0.2, 0.25) is 6.10 Å². The highest BCUT2D eigenvalue weighted by atomic mass is 16.5. The Balaban J connectivity index is 1.83. The van der Waals surface area contributed by atoms with Crippen LogP contribution in [0.25, 0.3) is 0 Å². The van der Waals surface area contributed by atoms with Crippen molar-refractivity contribution in [3.05, 3.63) is 71.4 Å². The Morgan fingerprint density at radius 1 is 1.16 bits per heavy atom. The summed E-state index contributed by atoms with van der Waals surface area (Å²) in [5.41, 5.74) is 0.806. The molecular formula is C18H16N2O5. The fourth-order valence-electron chi connectivity index (χ4n) is 2.29. The van der Waals surface area contributed by atoms with Gasteiger partial charge in [0.25, 0.3) is 5.91 Å². The van der Waals surface area contributed by atoms with Gasteiger partial charge in [-0.25, -0.2) is 4.79 Å². The van der Waals surface area contributed by atoms with E-state index in [1.807, 2.05) is 6.07 Å². The van der Waals surface area contributed by atoms with E-state index < -0.39 is 18.0 Å². The zero-order chi connectivity index (χ0) is 17.8. The Kier molecular flexibility index (Phi) is 4.65. The minimum atomic E-state index is -1.14. The van der Waals surface area contributed by atoms with Crippen LogP contribution < -0.4 is 5.32 Å². The molecule has 1 atom stereocenters. The molecule has 0 aliphatic heterocycles. The predicted octanol–water partition coefficient (Wildman–Crippen LogP) is 3.42. The van der Waals surface area contributed by atoms with Crippen molar-refractivity contribution in [2.75, 3.05) is 5.32 Å². The van der Waals surface area contributed by atoms with Gasteiger partial charge in [-0.3, -0.25) is 4.79 Å². The summed E-state index contributed by atoms with van der Waals surface area (Å²) >= 11 is 0. The van der Waals surface area contributed by atoms with Gasteiger partial charge in [0.15, 0.2) is 5.82 Å². The third-order valence-corrected chi connectivity index (χ3v) is 3.52. The average molecular weight is 340 g/mol. The molecule has 1 aromatic carbocycles. The number of anilines is 1. The third-order valence-electron chi connectivity index (χ3n) is 3.52. The molecule has 2 heterocycles. The Bertz CT molecular complexity index is 882. The maximum absolute atomic E-state index is 12.6. The second kappa shape index (κ2) is 7.04. The highest BCUT2D eigenvalue weighted by molar-refractivity contribution is 5.97. The number of esters is 1. The molecule has 0 radical (unpaired) electrons. The number of nitrogens with zero attached hydrogens (tertiary/aromatic N) is 1. The number of amides is 1. The fourth-order valence-corrected chi connectivity index (χ4v) is 2.29. The molecule has 0 spiro atoms. The van der Waals surface area contributed by atoms with Crippen LogP contribution in [0, 0.1) is 13.8 Å². The number of nitrogens with one attached hydrogen (secondary N) is 1. The predicted molar refractivity (Wildman–Crippen MR) is 87.9 cm³/mol. The Hall–Kier alpha value is -3.35. The summed E-state index contributed by atoms with van der Waals surface area (Å²) in [7, 11) is 0. The van der Waals surface area contributed by atoms with Crippen molar-refractivity contribution in [3.8, 4) is 0 Å². The van der Waals surface area contributed by atoms with Gasteiger partial charge in [0.1, 0.15) is 17.1 Å². The Morgan fingerprint density at radius 3 is 2.52 bits per heavy atom. The molecule has 3 aromatic rings. The first-order chi connectivity index (χ1) is 12.0. The van der Waals surface area contributed by atoms with Gasteiger partial charge < -0.3 is 19.0 Å². The third kappa shape index (κ3) is 3.77. The fraction of sp³-hybridized carbons (Fsp3) is 0.167. The number of rotatable bonds is 5. The van der Waals surface area contributed by atoms with Crippen LogP contribution in [0.1, 0.15) is 33.5 Å². The molecule has 1 amide bonds. The molecule has 7 nitrogen and oxygen atoms in total. The van der Waals surface area contributed by atoms with E-state index in [2.05, 4.69) is 10.5 Å². The summed E-state index contributed by atoms with van der Waals surface area (Å²) in [6.07, 6.45) is 0.252. The van der Waals surface area contributed by atoms with E-state index in [9.17, 15) is 9.59 Å². The summed E-state index contributed by atoms with van der Waals surface area (Å²) in [4.78, 5) is 25.0. The number of furan rings is 1. The Labute approximate surface area is 143 Å². The lowest BCUT2D eigenvalue weighted by molar-refractivity contribution is -0.125. The van der Waals surface area contributed by atoms with Gasteiger partial charge in [-0.15, -0.1) is 0 Å². The van der Waals surface area contributed by atoms with Gasteiger partial charge in [0, 0.05) is 11.6 Å². The molecule has 25 heavy (non-hydrogen) atoms. The molecule has 128 valence electrons. The van der Waals surface area contributed by atoms with Crippen molar-refractivity contribution in [3.63, 3.8) is 0 Å². The zero-order valence-corrected chi connectivity index (χ0v) is 13.7. The van der Waals surface area contributed by atoms with Crippen molar-refractivity contribution in [2.24, 2.45) is 0 Å². The topological polar surface area (TPSA) is 94.6 Å². The number of carbonyl (C=O) groups excluding carboxylic acids is 2. The maximum atomic E-state index is 12.6. The normalized spacial score (nSPS) is 11.8. The first-order valence-electron chi connectivity index (χ1n) is 7.59. The summed E-state index contributed by atoms with van der Waals surface area (Å²) in [6.45, 7) is 3.35. The molecule has 7 heteroatoms. The van der Waals surface area contributed by atoms with E-state index in [1.165, 1.54) is 12.3 Å². The molecular weight excluding hydrogens is 324 g/mol. The number of aromatic nitrogens is 1. The first-order valence-corrected chi connectivity index (χ1v) is 7.59. The van der Waals surface area contributed by atoms with E-state index in [0.29, 0.717) is 17.1 Å². The van der Waals surface area contributed by atoms with Crippen LogP contribution in [-0.4, -0.2) is 17.0 Å². The highest BCUT2D eigenvalue weighted by Gasteiger charge is 2.27. The number of carbonyl (C=O) groups is 2. The average Bonchev–Trinajstić information content (AvgIpc) is 3.21. The van der Waals surface area contributed by atoms with Gasteiger partial charge in [-0.1, -0.05) is 35.5 Å². The van der Waals surface area contributed by atoms with Crippen LogP contribution in [-0.2, 0) is 9.53 Å². The van der Waals surface area contributed by atoms with Gasteiger partial charge >= 0.3 is 5.97 Å². The highest BCUT2D eigenvalue weighted by Crippen LogP contribution is 2.22.